The summed E-state index contributed by atoms with van der Waals surface area (Å²) in [7, 11) is 0. The molecule has 0 spiro atoms. The molecule has 320 valence electrons. The highest BCUT2D eigenvalue weighted by Crippen LogP contribution is 2.19. The van der Waals surface area contributed by atoms with Gasteiger partial charge in [-0.1, -0.05) is 24.6 Å². The molecule has 5 amide bonds. The largest absolute Gasteiger partial charge is 0.481 e. The molecule has 1 aromatic heterocycles. The third kappa shape index (κ3) is 16.4. The molecule has 0 aliphatic rings. The van der Waals surface area contributed by atoms with Crippen LogP contribution in [-0.4, -0.2) is 135 Å². The maximum Gasteiger partial charge on any atom is 0.326 e. The Balaban J connectivity index is 2.43. The number of aliphatic hydroxyl groups excluding tert-OH is 1. The SMILES string of the molecule is N=C(N)NCCC[C@H](NC(=O)[C@H](CO)NC(=O)[C@@H](N)CCCCN)C(=O)N[C@@H](Cc1c[nH]c2ccccc12)C(=O)N[C@@H](CC(=O)O)C(=O)N[C@@H](CCC(=O)O)C(=O)O. The zero-order chi connectivity index (χ0) is 43.4. The number of hydrogen-bond donors (Lipinski definition) is 15. The van der Waals surface area contributed by atoms with E-state index in [4.69, 9.17) is 27.7 Å². The summed E-state index contributed by atoms with van der Waals surface area (Å²) in [6.45, 7) is -0.430. The quantitative estimate of drug-likeness (QED) is 0.0234. The number of aromatic nitrogens is 1. The number of unbranched alkanes of at least 4 members (excludes halogenated alkanes) is 1. The standard InChI is InChI=1S/C35H53N11O12/c36-12-4-3-7-20(37)29(52)46-26(17-47)33(56)42-22(9-5-13-40-35(38)39)30(53)44-24(14-18-16-41-21-8-2-1-6-19(18)21)31(54)45-25(15-28(50)51)32(55)43-23(34(57)58)10-11-27(48)49/h1-2,6,8,16,20,22-26,41,47H,3-5,7,9-15,17,36-37H2,(H,42,56)(H,43,55)(H,44,53)(H,45,54)(H,46,52)(H,48,49)(H,50,51)(H,57,58)(H4,38,39,40)/t20-,22-,23-,24-,25-,26-/m0/s1. The molecular formula is C35H53N11O12. The first kappa shape index (κ1) is 47.8. The molecule has 1 aromatic carbocycles. The molecule has 1 heterocycles. The highest BCUT2D eigenvalue weighted by atomic mass is 16.4. The van der Waals surface area contributed by atoms with Crippen molar-refractivity contribution in [1.82, 2.24) is 36.9 Å². The van der Waals surface area contributed by atoms with Crippen molar-refractivity contribution in [2.45, 2.75) is 94.0 Å². The number of guanidine groups is 1. The van der Waals surface area contributed by atoms with Crippen LogP contribution in [0.5, 0.6) is 0 Å². The van der Waals surface area contributed by atoms with E-state index in [2.05, 4.69) is 31.6 Å². The van der Waals surface area contributed by atoms with E-state index in [9.17, 15) is 53.7 Å². The minimum Gasteiger partial charge on any atom is -0.481 e. The summed E-state index contributed by atoms with van der Waals surface area (Å²) in [5.74, 6) is -9.96. The van der Waals surface area contributed by atoms with Crippen LogP contribution in [0.3, 0.4) is 0 Å². The average Bonchev–Trinajstić information content (AvgIpc) is 3.57. The van der Waals surface area contributed by atoms with E-state index >= 15 is 0 Å². The molecule has 2 rings (SSSR count). The smallest absolute Gasteiger partial charge is 0.326 e. The van der Waals surface area contributed by atoms with Crippen molar-refractivity contribution >= 4 is 64.3 Å². The van der Waals surface area contributed by atoms with Crippen molar-refractivity contribution in [3.63, 3.8) is 0 Å². The Morgan fingerprint density at radius 2 is 1.29 bits per heavy atom. The second-order valence-corrected chi connectivity index (χ2v) is 13.3. The van der Waals surface area contributed by atoms with E-state index in [1.165, 1.54) is 0 Å². The van der Waals surface area contributed by atoms with Crippen molar-refractivity contribution in [3.8, 4) is 0 Å². The molecule has 0 unspecified atom stereocenters. The van der Waals surface area contributed by atoms with Crippen molar-refractivity contribution in [3.05, 3.63) is 36.0 Å². The number of carbonyl (C=O) groups excluding carboxylic acids is 5. The van der Waals surface area contributed by atoms with Gasteiger partial charge in [0.15, 0.2) is 5.96 Å². The number of nitrogens with two attached hydrogens (primary N) is 3. The summed E-state index contributed by atoms with van der Waals surface area (Å²) in [4.78, 5) is 105. The number of carbonyl (C=O) groups is 8. The van der Waals surface area contributed by atoms with Crippen molar-refractivity contribution < 1.29 is 58.8 Å². The maximum atomic E-state index is 14.0. The number of carboxylic acid groups (broad SMARTS) is 3. The molecular weight excluding hydrogens is 766 g/mol. The molecule has 23 heteroatoms. The fourth-order valence-electron chi connectivity index (χ4n) is 5.64. The van der Waals surface area contributed by atoms with Crippen LogP contribution in [0.4, 0.5) is 0 Å². The third-order valence-corrected chi connectivity index (χ3v) is 8.74. The first-order chi connectivity index (χ1) is 27.5. The van der Waals surface area contributed by atoms with E-state index in [-0.39, 0.29) is 38.2 Å². The lowest BCUT2D eigenvalue weighted by molar-refractivity contribution is -0.144. The van der Waals surface area contributed by atoms with Gasteiger partial charge in [-0.25, -0.2) is 4.79 Å². The van der Waals surface area contributed by atoms with E-state index in [1.54, 1.807) is 30.5 Å². The number of aliphatic hydroxyl groups is 1. The lowest BCUT2D eigenvalue weighted by atomic mass is 10.0. The van der Waals surface area contributed by atoms with Gasteiger partial charge in [0, 0.05) is 36.5 Å². The zero-order valence-electron chi connectivity index (χ0n) is 31.6. The summed E-state index contributed by atoms with van der Waals surface area (Å²) >= 11 is 0. The fourth-order valence-corrected chi connectivity index (χ4v) is 5.64. The number of rotatable bonds is 27. The minimum absolute atomic E-state index is 0.0713. The van der Waals surface area contributed by atoms with Crippen LogP contribution in [0.25, 0.3) is 10.9 Å². The summed E-state index contributed by atoms with van der Waals surface area (Å²) in [5, 5.41) is 60.2. The monoisotopic (exact) mass is 819 g/mol. The molecule has 23 nitrogen and oxygen atoms in total. The van der Waals surface area contributed by atoms with Gasteiger partial charge in [0.1, 0.15) is 30.2 Å². The van der Waals surface area contributed by atoms with Crippen LogP contribution >= 0.6 is 0 Å². The average molecular weight is 820 g/mol. The molecule has 0 bridgehead atoms. The van der Waals surface area contributed by atoms with E-state index < -0.39 is 110 Å². The molecule has 0 saturated heterocycles. The number of para-hydroxylation sites is 1. The molecule has 6 atom stereocenters. The Morgan fingerprint density at radius 3 is 1.91 bits per heavy atom. The van der Waals surface area contributed by atoms with Crippen molar-refractivity contribution in [2.24, 2.45) is 17.2 Å². The number of aliphatic carboxylic acids is 3. The zero-order valence-corrected chi connectivity index (χ0v) is 31.6. The topological polar surface area (TPSA) is 407 Å². The second kappa shape index (κ2) is 24.3. The molecule has 58 heavy (non-hydrogen) atoms. The van der Waals surface area contributed by atoms with Gasteiger partial charge in [-0.3, -0.25) is 39.0 Å². The van der Waals surface area contributed by atoms with Gasteiger partial charge in [0.05, 0.1) is 19.1 Å². The summed E-state index contributed by atoms with van der Waals surface area (Å²) < 4.78 is 0. The van der Waals surface area contributed by atoms with Crippen LogP contribution in [0.2, 0.25) is 0 Å². The Bertz CT molecular complexity index is 1770. The van der Waals surface area contributed by atoms with Gasteiger partial charge in [0.25, 0.3) is 0 Å². The number of hydrogen-bond acceptors (Lipinski definition) is 12. The second-order valence-electron chi connectivity index (χ2n) is 13.3. The molecule has 2 aromatic rings. The van der Waals surface area contributed by atoms with Gasteiger partial charge in [-0.05, 0) is 50.3 Å². The highest BCUT2D eigenvalue weighted by Gasteiger charge is 2.34. The lowest BCUT2D eigenvalue weighted by Crippen LogP contribution is -2.60. The van der Waals surface area contributed by atoms with Gasteiger partial charge in [0.2, 0.25) is 29.5 Å². The number of aromatic amines is 1. The Morgan fingerprint density at radius 1 is 0.707 bits per heavy atom. The predicted octanol–water partition coefficient (Wildman–Crippen LogP) is -3.73. The lowest BCUT2D eigenvalue weighted by Gasteiger charge is -2.27. The fraction of sp³-hybridized carbons (Fsp3) is 0.514. The minimum atomic E-state index is -1.90. The van der Waals surface area contributed by atoms with Gasteiger partial charge < -0.3 is 74.5 Å². The van der Waals surface area contributed by atoms with Gasteiger partial charge in [-0.15, -0.1) is 0 Å². The maximum absolute atomic E-state index is 14.0. The molecule has 0 aliphatic carbocycles. The number of fused-ring (bicyclic) bond motifs is 1. The normalized spacial score (nSPS) is 14.1. The molecule has 0 saturated carbocycles. The Labute approximate surface area is 332 Å². The highest BCUT2D eigenvalue weighted by molar-refractivity contribution is 5.97. The van der Waals surface area contributed by atoms with Crippen LogP contribution in [0.15, 0.2) is 30.5 Å². The number of carboxylic acids is 3. The van der Waals surface area contributed by atoms with Crippen molar-refractivity contribution in [1.29, 1.82) is 5.41 Å². The van der Waals surface area contributed by atoms with Crippen LogP contribution < -0.4 is 49.1 Å². The van der Waals surface area contributed by atoms with E-state index in [0.717, 1.165) is 0 Å². The van der Waals surface area contributed by atoms with Crippen LogP contribution in [0, 0.1) is 5.41 Å². The number of H-pyrrole nitrogens is 1. The summed E-state index contributed by atoms with van der Waals surface area (Å²) in [6.07, 6.45) is 0.413. The number of benzene rings is 1. The predicted molar refractivity (Wildman–Crippen MR) is 206 cm³/mol. The van der Waals surface area contributed by atoms with Gasteiger partial charge in [-0.2, -0.15) is 0 Å². The summed E-state index contributed by atoms with van der Waals surface area (Å²) in [6, 6.07) is -2.33. The van der Waals surface area contributed by atoms with Crippen LogP contribution in [0.1, 0.15) is 56.9 Å². The Kier molecular flexibility index (Phi) is 20.1. The molecule has 0 radical (unpaired) electrons. The van der Waals surface area contributed by atoms with Gasteiger partial charge >= 0.3 is 17.9 Å². The van der Waals surface area contributed by atoms with Crippen LogP contribution in [-0.2, 0) is 44.8 Å². The van der Waals surface area contributed by atoms with E-state index in [0.29, 0.717) is 35.9 Å². The first-order valence-corrected chi connectivity index (χ1v) is 18.3. The van der Waals surface area contributed by atoms with Crippen molar-refractivity contribution in [2.75, 3.05) is 19.7 Å². The van der Waals surface area contributed by atoms with E-state index in [1.807, 2.05) is 5.32 Å². The third-order valence-electron chi connectivity index (χ3n) is 8.74. The Hall–Kier alpha value is -6.33. The number of nitrogens with one attached hydrogen (secondary N) is 8. The molecule has 0 fully saturated rings. The molecule has 18 N–H and O–H groups in total. The molecule has 0 aliphatic heterocycles. The first-order valence-electron chi connectivity index (χ1n) is 18.3. The summed E-state index contributed by atoms with van der Waals surface area (Å²) in [5.41, 5.74) is 17.9. The number of amides is 5.